The van der Waals surface area contributed by atoms with Crippen LogP contribution in [0.4, 0.5) is 5.82 Å². The standard InChI is InChI=1S/C14H11Cl2N3O2/c1-7-11(14(20)21)12(8-3-2-4-9(15)5-8)19-13(18-7)10(16)6-17-19/h2-6,11-12H,1H3,(H,20,21). The number of aromatic nitrogens is 2. The van der Waals surface area contributed by atoms with Crippen molar-refractivity contribution in [1.29, 1.82) is 0 Å². The van der Waals surface area contributed by atoms with Crippen molar-refractivity contribution in [3.8, 4) is 0 Å². The number of hydrogen-bond donors (Lipinski definition) is 1. The van der Waals surface area contributed by atoms with Crippen LogP contribution >= 0.6 is 23.2 Å². The third-order valence-electron chi connectivity index (χ3n) is 3.49. The molecule has 2 atom stereocenters. The summed E-state index contributed by atoms with van der Waals surface area (Å²) in [7, 11) is 0. The highest BCUT2D eigenvalue weighted by Gasteiger charge is 2.38. The molecule has 3 rings (SSSR count). The van der Waals surface area contributed by atoms with E-state index >= 15 is 0 Å². The average molecular weight is 324 g/mol. The first kappa shape index (κ1) is 14.1. The number of carboxylic acids is 1. The lowest BCUT2D eigenvalue weighted by atomic mass is 9.88. The summed E-state index contributed by atoms with van der Waals surface area (Å²) >= 11 is 12.1. The zero-order valence-corrected chi connectivity index (χ0v) is 12.5. The van der Waals surface area contributed by atoms with Crippen molar-refractivity contribution < 1.29 is 9.90 Å². The quantitative estimate of drug-likeness (QED) is 0.918. The van der Waals surface area contributed by atoms with Crippen molar-refractivity contribution >= 4 is 40.7 Å². The normalized spacial score (nSPS) is 20.8. The molecular weight excluding hydrogens is 313 g/mol. The minimum Gasteiger partial charge on any atom is -0.481 e. The molecule has 0 radical (unpaired) electrons. The summed E-state index contributed by atoms with van der Waals surface area (Å²) in [6.07, 6.45) is 1.47. The fourth-order valence-electron chi connectivity index (χ4n) is 2.59. The van der Waals surface area contributed by atoms with Gasteiger partial charge in [-0.3, -0.25) is 4.79 Å². The number of carboxylic acid groups (broad SMARTS) is 1. The Balaban J connectivity index is 2.23. The molecule has 0 fully saturated rings. The number of carbonyl (C=O) groups is 1. The van der Waals surface area contributed by atoms with Gasteiger partial charge in [-0.1, -0.05) is 35.3 Å². The Morgan fingerprint density at radius 3 is 2.81 bits per heavy atom. The number of rotatable bonds is 2. The van der Waals surface area contributed by atoms with Crippen LogP contribution in [0.2, 0.25) is 10.0 Å². The van der Waals surface area contributed by atoms with Crippen LogP contribution in [0.3, 0.4) is 0 Å². The Morgan fingerprint density at radius 1 is 1.38 bits per heavy atom. The molecule has 2 aromatic rings. The van der Waals surface area contributed by atoms with Gasteiger partial charge in [0.1, 0.15) is 10.9 Å². The Bertz CT molecular complexity index is 754. The summed E-state index contributed by atoms with van der Waals surface area (Å²) < 4.78 is 1.54. The summed E-state index contributed by atoms with van der Waals surface area (Å²) in [4.78, 5) is 15.9. The van der Waals surface area contributed by atoms with Gasteiger partial charge in [0, 0.05) is 10.7 Å². The minimum absolute atomic E-state index is 0.394. The van der Waals surface area contributed by atoms with Gasteiger partial charge in [0.15, 0.2) is 5.82 Å². The van der Waals surface area contributed by atoms with Gasteiger partial charge in [0.2, 0.25) is 0 Å². The zero-order chi connectivity index (χ0) is 15.1. The fraction of sp³-hybridized carbons (Fsp3) is 0.214. The molecule has 0 saturated carbocycles. The minimum atomic E-state index is -0.960. The second-order valence-electron chi connectivity index (χ2n) is 4.83. The number of nitrogens with zero attached hydrogens (tertiary/aromatic N) is 3. The van der Waals surface area contributed by atoms with E-state index in [1.165, 1.54) is 6.20 Å². The van der Waals surface area contributed by atoms with Crippen molar-refractivity contribution in [2.24, 2.45) is 10.9 Å². The van der Waals surface area contributed by atoms with E-state index in [9.17, 15) is 9.90 Å². The van der Waals surface area contributed by atoms with Crippen LogP contribution in [-0.2, 0) is 4.79 Å². The van der Waals surface area contributed by atoms with E-state index in [0.717, 1.165) is 5.56 Å². The van der Waals surface area contributed by atoms with Crippen molar-refractivity contribution in [1.82, 2.24) is 9.78 Å². The summed E-state index contributed by atoms with van der Waals surface area (Å²) in [5, 5.41) is 14.7. The van der Waals surface area contributed by atoms with Crippen LogP contribution in [0.15, 0.2) is 35.5 Å². The van der Waals surface area contributed by atoms with Gasteiger partial charge in [0.25, 0.3) is 0 Å². The zero-order valence-electron chi connectivity index (χ0n) is 11.0. The van der Waals surface area contributed by atoms with E-state index in [2.05, 4.69) is 10.1 Å². The number of hydrogen-bond acceptors (Lipinski definition) is 3. The molecule has 0 aliphatic carbocycles. The molecule has 7 heteroatoms. The number of aliphatic carboxylic acids is 1. The number of aliphatic imine (C=N–C) groups is 1. The summed E-state index contributed by atoms with van der Waals surface area (Å²) in [5.41, 5.74) is 1.24. The third kappa shape index (κ3) is 2.32. The van der Waals surface area contributed by atoms with Gasteiger partial charge in [-0.25, -0.2) is 9.67 Å². The van der Waals surface area contributed by atoms with E-state index < -0.39 is 17.9 Å². The van der Waals surface area contributed by atoms with E-state index in [0.29, 0.717) is 21.6 Å². The van der Waals surface area contributed by atoms with E-state index in [-0.39, 0.29) is 0 Å². The maximum absolute atomic E-state index is 11.7. The molecule has 108 valence electrons. The van der Waals surface area contributed by atoms with E-state index in [1.54, 1.807) is 29.8 Å². The summed E-state index contributed by atoms with van der Waals surface area (Å²) in [6.45, 7) is 1.68. The fourth-order valence-corrected chi connectivity index (χ4v) is 2.96. The van der Waals surface area contributed by atoms with Crippen LogP contribution in [0.5, 0.6) is 0 Å². The topological polar surface area (TPSA) is 67.5 Å². The lowest BCUT2D eigenvalue weighted by Gasteiger charge is -2.29. The number of halogens is 2. The third-order valence-corrected chi connectivity index (χ3v) is 4.00. The van der Waals surface area contributed by atoms with Crippen LogP contribution < -0.4 is 0 Å². The number of fused-ring (bicyclic) bond motifs is 1. The molecule has 5 nitrogen and oxygen atoms in total. The summed E-state index contributed by atoms with van der Waals surface area (Å²) in [5.74, 6) is -1.30. The SMILES string of the molecule is CC1=Nc2c(Cl)cnn2C(c2cccc(Cl)c2)C1C(=O)O. The average Bonchev–Trinajstić information content (AvgIpc) is 2.78. The Morgan fingerprint density at radius 2 is 2.14 bits per heavy atom. The molecule has 0 saturated heterocycles. The lowest BCUT2D eigenvalue weighted by molar-refractivity contribution is -0.140. The molecule has 1 N–H and O–H groups in total. The van der Waals surface area contributed by atoms with Gasteiger partial charge < -0.3 is 5.11 Å². The van der Waals surface area contributed by atoms with Gasteiger partial charge >= 0.3 is 5.97 Å². The molecule has 21 heavy (non-hydrogen) atoms. The van der Waals surface area contributed by atoms with Crippen molar-refractivity contribution in [2.75, 3.05) is 0 Å². The second kappa shape index (κ2) is 5.16. The number of benzene rings is 1. The second-order valence-corrected chi connectivity index (χ2v) is 5.67. The Kier molecular flexibility index (Phi) is 3.47. The molecule has 0 spiro atoms. The maximum Gasteiger partial charge on any atom is 0.314 e. The molecule has 1 aliphatic heterocycles. The highest BCUT2D eigenvalue weighted by molar-refractivity contribution is 6.33. The van der Waals surface area contributed by atoms with Crippen LogP contribution in [0, 0.1) is 5.92 Å². The molecule has 2 heterocycles. The first-order chi connectivity index (χ1) is 9.99. The monoisotopic (exact) mass is 323 g/mol. The smallest absolute Gasteiger partial charge is 0.314 e. The van der Waals surface area contributed by atoms with Crippen LogP contribution in [-0.4, -0.2) is 26.6 Å². The Labute approximate surface area is 130 Å². The van der Waals surface area contributed by atoms with E-state index in [4.69, 9.17) is 23.2 Å². The van der Waals surface area contributed by atoms with E-state index in [1.807, 2.05) is 6.07 Å². The first-order valence-corrected chi connectivity index (χ1v) is 7.01. The lowest BCUT2D eigenvalue weighted by Crippen LogP contribution is -2.35. The largest absolute Gasteiger partial charge is 0.481 e. The van der Waals surface area contributed by atoms with Crippen LogP contribution in [0.1, 0.15) is 18.5 Å². The highest BCUT2D eigenvalue weighted by Crippen LogP contribution is 2.39. The molecule has 1 aliphatic rings. The molecule has 1 aromatic carbocycles. The van der Waals surface area contributed by atoms with Crippen LogP contribution in [0.25, 0.3) is 0 Å². The van der Waals surface area contributed by atoms with Gasteiger partial charge in [-0.2, -0.15) is 5.10 Å². The van der Waals surface area contributed by atoms with Gasteiger partial charge in [-0.15, -0.1) is 0 Å². The highest BCUT2D eigenvalue weighted by atomic mass is 35.5. The van der Waals surface area contributed by atoms with Gasteiger partial charge in [-0.05, 0) is 24.6 Å². The molecule has 1 aromatic heterocycles. The van der Waals surface area contributed by atoms with Crippen molar-refractivity contribution in [3.05, 3.63) is 46.1 Å². The molecule has 2 unspecified atom stereocenters. The summed E-state index contributed by atoms with van der Waals surface area (Å²) in [6, 6.07) is 6.55. The predicted octanol–water partition coefficient (Wildman–Crippen LogP) is 3.59. The predicted molar refractivity (Wildman–Crippen MR) is 80.7 cm³/mol. The Hall–Kier alpha value is -1.85. The molecule has 0 bridgehead atoms. The maximum atomic E-state index is 11.7. The van der Waals surface area contributed by atoms with Gasteiger partial charge in [0.05, 0.1) is 12.2 Å². The molecular formula is C14H11Cl2N3O2. The first-order valence-electron chi connectivity index (χ1n) is 6.25. The van der Waals surface area contributed by atoms with Crippen molar-refractivity contribution in [3.63, 3.8) is 0 Å². The molecule has 0 amide bonds. The van der Waals surface area contributed by atoms with Crippen molar-refractivity contribution in [2.45, 2.75) is 13.0 Å².